The molecule has 6 nitrogen and oxygen atoms in total. The molecule has 77 heavy (non-hydrogen) atoms. The van der Waals surface area contributed by atoms with Gasteiger partial charge in [-0.25, -0.2) is 0 Å². The van der Waals surface area contributed by atoms with Crippen molar-refractivity contribution in [1.29, 1.82) is 0 Å². The quantitative estimate of drug-likeness (QED) is 0.0261. The average Bonchev–Trinajstić information content (AvgIpc) is 3.43. The van der Waals surface area contributed by atoms with Crippen LogP contribution in [0.1, 0.15) is 239 Å². The maximum absolute atomic E-state index is 12.9. The molecule has 0 fully saturated rings. The second-order valence-electron chi connectivity index (χ2n) is 19.5. The van der Waals surface area contributed by atoms with Crippen LogP contribution in [0, 0.1) is 0 Å². The smallest absolute Gasteiger partial charge is 0.306 e. The minimum atomic E-state index is -0.822. The first-order valence-electron chi connectivity index (χ1n) is 30.6. The largest absolute Gasteiger partial charge is 0.462 e. The molecule has 0 saturated carbocycles. The summed E-state index contributed by atoms with van der Waals surface area (Å²) < 4.78 is 16.8. The highest BCUT2D eigenvalue weighted by Crippen LogP contribution is 2.13. The van der Waals surface area contributed by atoms with Crippen LogP contribution in [0.3, 0.4) is 0 Å². The van der Waals surface area contributed by atoms with Crippen LogP contribution in [0.25, 0.3) is 0 Å². The van der Waals surface area contributed by atoms with Gasteiger partial charge in [0.05, 0.1) is 0 Å². The molecule has 6 heteroatoms. The molecule has 1 unspecified atom stereocenters. The molecule has 0 bridgehead atoms. The minimum Gasteiger partial charge on any atom is -0.462 e. The summed E-state index contributed by atoms with van der Waals surface area (Å²) in [5.41, 5.74) is 0. The van der Waals surface area contributed by atoms with Crippen molar-refractivity contribution in [2.24, 2.45) is 0 Å². The van der Waals surface area contributed by atoms with E-state index in [1.807, 2.05) is 0 Å². The van der Waals surface area contributed by atoms with Crippen LogP contribution in [0.4, 0.5) is 0 Å². The maximum Gasteiger partial charge on any atom is 0.306 e. The highest BCUT2D eigenvalue weighted by Gasteiger charge is 2.19. The molecule has 0 aromatic heterocycles. The van der Waals surface area contributed by atoms with Crippen molar-refractivity contribution in [2.75, 3.05) is 13.2 Å². The zero-order chi connectivity index (χ0) is 55.7. The molecule has 1 atom stereocenters. The lowest BCUT2D eigenvalue weighted by molar-refractivity contribution is -0.167. The van der Waals surface area contributed by atoms with Gasteiger partial charge in [-0.15, -0.1) is 0 Å². The van der Waals surface area contributed by atoms with Crippen molar-refractivity contribution in [2.45, 2.75) is 245 Å². The molecular formula is C71H110O6. The molecule has 430 valence electrons. The number of ether oxygens (including phenoxy) is 3. The number of unbranched alkanes of at least 4 members (excludes halogenated alkanes) is 14. The lowest BCUT2D eigenvalue weighted by Gasteiger charge is -2.18. The van der Waals surface area contributed by atoms with E-state index in [1.165, 1.54) is 19.3 Å². The standard InChI is InChI=1S/C71H110O6/c1-4-7-10-13-16-19-22-25-28-29-30-31-32-33-34-35-36-37-38-39-40-41-44-46-49-52-55-58-61-64-70(73)76-67-68(77-71(74)65-62-59-56-53-50-47-43-27-24-21-18-15-12-9-6-3)66-75-69(72)63-60-57-54-51-48-45-42-26-23-20-17-14-11-8-5-2/h7-12,16-21,25-28,30-31,33-34,36-37,39-40,42-43,50,53,68H,4-6,13-15,22-24,29,32,35,38,41,44-49,51-52,54-67H2,1-3H3/b10-7-,11-8-,12-9-,19-16-,20-17-,21-18-,28-25-,31-30-,34-33-,37-36-,40-39-,42-26-,43-27-,53-50-. The number of allylic oxidation sites excluding steroid dienone is 28. The van der Waals surface area contributed by atoms with Crippen LogP contribution in [0.5, 0.6) is 0 Å². The number of rotatable bonds is 53. The van der Waals surface area contributed by atoms with Crippen molar-refractivity contribution in [1.82, 2.24) is 0 Å². The van der Waals surface area contributed by atoms with Gasteiger partial charge in [0.25, 0.3) is 0 Å². The number of hydrogen-bond acceptors (Lipinski definition) is 6. The van der Waals surface area contributed by atoms with Gasteiger partial charge < -0.3 is 14.2 Å². The predicted octanol–water partition coefficient (Wildman–Crippen LogP) is 21.1. The number of carbonyl (C=O) groups excluding carboxylic acids is 3. The van der Waals surface area contributed by atoms with Crippen molar-refractivity contribution in [3.05, 3.63) is 170 Å². The van der Waals surface area contributed by atoms with E-state index in [2.05, 4.69) is 191 Å². The molecular weight excluding hydrogens is 949 g/mol. The summed E-state index contributed by atoms with van der Waals surface area (Å²) in [6, 6.07) is 0. The molecule has 0 N–H and O–H groups in total. The molecule has 0 aromatic rings. The Balaban J connectivity index is 4.42. The van der Waals surface area contributed by atoms with Gasteiger partial charge in [0.2, 0.25) is 0 Å². The van der Waals surface area contributed by atoms with Gasteiger partial charge in [-0.1, -0.05) is 242 Å². The average molecular weight is 1060 g/mol. The monoisotopic (exact) mass is 1060 g/mol. The first-order valence-corrected chi connectivity index (χ1v) is 30.6. The Kier molecular flexibility index (Phi) is 59.0. The van der Waals surface area contributed by atoms with Crippen molar-refractivity contribution < 1.29 is 28.6 Å². The van der Waals surface area contributed by atoms with Gasteiger partial charge in [-0.2, -0.15) is 0 Å². The normalized spacial score (nSPS) is 13.3. The zero-order valence-corrected chi connectivity index (χ0v) is 49.1. The molecule has 0 rings (SSSR count). The molecule has 0 heterocycles. The van der Waals surface area contributed by atoms with Crippen LogP contribution < -0.4 is 0 Å². The summed E-state index contributed by atoms with van der Waals surface area (Å²) in [6.07, 6.45) is 93.5. The summed E-state index contributed by atoms with van der Waals surface area (Å²) in [6.45, 7) is 6.22. The second kappa shape index (κ2) is 63.3. The molecule has 0 radical (unpaired) electrons. The Morgan fingerprint density at radius 3 is 0.753 bits per heavy atom. The fourth-order valence-corrected chi connectivity index (χ4v) is 7.72. The number of esters is 3. The third kappa shape index (κ3) is 61.5. The Morgan fingerprint density at radius 1 is 0.260 bits per heavy atom. The Labute approximate surface area is 472 Å². The number of carbonyl (C=O) groups is 3. The minimum absolute atomic E-state index is 0.114. The molecule has 0 amide bonds. The van der Waals surface area contributed by atoms with E-state index < -0.39 is 6.10 Å². The fourth-order valence-electron chi connectivity index (χ4n) is 7.72. The highest BCUT2D eigenvalue weighted by atomic mass is 16.6. The summed E-state index contributed by atoms with van der Waals surface area (Å²) in [7, 11) is 0. The molecule has 0 spiro atoms. The summed E-state index contributed by atoms with van der Waals surface area (Å²) >= 11 is 0. The fraction of sp³-hybridized carbons (Fsp3) is 0.563. The van der Waals surface area contributed by atoms with E-state index in [4.69, 9.17) is 14.2 Å². The second-order valence-corrected chi connectivity index (χ2v) is 19.5. The first kappa shape index (κ1) is 71.8. The van der Waals surface area contributed by atoms with Gasteiger partial charge in [0, 0.05) is 19.3 Å². The van der Waals surface area contributed by atoms with Crippen molar-refractivity contribution in [3.63, 3.8) is 0 Å². The molecule has 0 aliphatic carbocycles. The third-order valence-electron chi connectivity index (χ3n) is 12.2. The first-order chi connectivity index (χ1) is 38.0. The molecule has 0 aromatic carbocycles. The zero-order valence-electron chi connectivity index (χ0n) is 49.1. The van der Waals surface area contributed by atoms with E-state index in [0.717, 1.165) is 173 Å². The van der Waals surface area contributed by atoms with Crippen molar-refractivity contribution in [3.8, 4) is 0 Å². The summed E-state index contributed by atoms with van der Waals surface area (Å²) in [5.74, 6) is -0.992. The van der Waals surface area contributed by atoms with Crippen LogP contribution in [-0.4, -0.2) is 37.2 Å². The summed E-state index contributed by atoms with van der Waals surface area (Å²) in [4.78, 5) is 38.2. The highest BCUT2D eigenvalue weighted by molar-refractivity contribution is 5.71. The lowest BCUT2D eigenvalue weighted by atomic mass is 10.1. The topological polar surface area (TPSA) is 78.9 Å². The van der Waals surface area contributed by atoms with Gasteiger partial charge in [-0.05, 0) is 148 Å². The predicted molar refractivity (Wildman–Crippen MR) is 334 cm³/mol. The van der Waals surface area contributed by atoms with Gasteiger partial charge in [0.15, 0.2) is 6.10 Å². The third-order valence-corrected chi connectivity index (χ3v) is 12.2. The van der Waals surface area contributed by atoms with Gasteiger partial charge in [-0.3, -0.25) is 14.4 Å². The SMILES string of the molecule is CC/C=C\C/C=C\C/C=C\C/C=C\C/C=C\C/C=C\C/C=C\CCCCCCCCCC(=O)OCC(COC(=O)CCCCCCC/C=C\C/C=C\C/C=C\CC)OC(=O)CCCC/C=C\C/C=C\C/C=C\C/C=C\CC. The molecule has 0 aliphatic heterocycles. The van der Waals surface area contributed by atoms with Crippen LogP contribution in [0.15, 0.2) is 170 Å². The van der Waals surface area contributed by atoms with Crippen LogP contribution in [-0.2, 0) is 28.6 Å². The van der Waals surface area contributed by atoms with Gasteiger partial charge >= 0.3 is 17.9 Å². The number of hydrogen-bond donors (Lipinski definition) is 0. The van der Waals surface area contributed by atoms with Crippen LogP contribution >= 0.6 is 0 Å². The van der Waals surface area contributed by atoms with E-state index in [9.17, 15) is 14.4 Å². The lowest BCUT2D eigenvalue weighted by Crippen LogP contribution is -2.30. The van der Waals surface area contributed by atoms with E-state index in [1.54, 1.807) is 0 Å². The van der Waals surface area contributed by atoms with E-state index in [-0.39, 0.29) is 37.5 Å². The van der Waals surface area contributed by atoms with E-state index in [0.29, 0.717) is 19.3 Å². The Morgan fingerprint density at radius 2 is 0.468 bits per heavy atom. The van der Waals surface area contributed by atoms with E-state index >= 15 is 0 Å². The Bertz CT molecular complexity index is 1790. The Hall–Kier alpha value is -5.23. The van der Waals surface area contributed by atoms with Crippen molar-refractivity contribution >= 4 is 17.9 Å². The van der Waals surface area contributed by atoms with Crippen LogP contribution in [0.2, 0.25) is 0 Å². The molecule has 0 saturated heterocycles. The maximum atomic E-state index is 12.9. The molecule has 0 aliphatic rings. The van der Waals surface area contributed by atoms with Gasteiger partial charge in [0.1, 0.15) is 13.2 Å². The summed E-state index contributed by atoms with van der Waals surface area (Å²) in [5, 5.41) is 0.